The molecule has 1 saturated carbocycles. The van der Waals surface area contributed by atoms with Crippen LogP contribution in [0, 0.1) is 5.92 Å². The molecule has 2 fully saturated rings. The van der Waals surface area contributed by atoms with E-state index in [0.29, 0.717) is 0 Å². The van der Waals surface area contributed by atoms with E-state index in [2.05, 4.69) is 10.2 Å². The number of fused-ring (bicyclic) bond motifs is 1. The van der Waals surface area contributed by atoms with Crippen LogP contribution < -0.4 is 15.0 Å². The van der Waals surface area contributed by atoms with Crippen LogP contribution in [0.1, 0.15) is 24.8 Å². The van der Waals surface area contributed by atoms with Crippen molar-refractivity contribution in [3.8, 4) is 5.75 Å². The van der Waals surface area contributed by atoms with Crippen LogP contribution in [0.15, 0.2) is 12.1 Å². The molecule has 1 atom stereocenters. The fraction of sp³-hybridized carbons (Fsp3) is 0.562. The standard InChI is InChI=1S/C16H19ClN2O2/c17-13-3-4-14-12(6-8-21-14)15(13)19-7-5-11(9-19)18-16(20)10-1-2-10/h3-4,10-11H,1-2,5-9H2,(H,18,20)/t11-/m0/s1. The summed E-state index contributed by atoms with van der Waals surface area (Å²) in [7, 11) is 0. The van der Waals surface area contributed by atoms with Crippen LogP contribution in [0.4, 0.5) is 5.69 Å². The number of nitrogens with zero attached hydrogens (tertiary/aromatic N) is 1. The van der Waals surface area contributed by atoms with Crippen molar-refractivity contribution in [1.29, 1.82) is 0 Å². The summed E-state index contributed by atoms with van der Waals surface area (Å²) in [6, 6.07) is 4.11. The van der Waals surface area contributed by atoms with Crippen LogP contribution in [0.2, 0.25) is 5.02 Å². The van der Waals surface area contributed by atoms with Gasteiger partial charge in [-0.1, -0.05) is 11.6 Å². The number of amides is 1. The fourth-order valence-corrected chi connectivity index (χ4v) is 3.61. The van der Waals surface area contributed by atoms with Gasteiger partial charge in [0, 0.05) is 37.0 Å². The number of nitrogens with one attached hydrogen (secondary N) is 1. The minimum atomic E-state index is 0.231. The Labute approximate surface area is 129 Å². The summed E-state index contributed by atoms with van der Waals surface area (Å²) in [5, 5.41) is 3.96. The molecule has 1 aromatic rings. The molecule has 2 aliphatic heterocycles. The highest BCUT2D eigenvalue weighted by molar-refractivity contribution is 6.33. The molecule has 0 unspecified atom stereocenters. The van der Waals surface area contributed by atoms with Crippen molar-refractivity contribution in [2.24, 2.45) is 5.92 Å². The van der Waals surface area contributed by atoms with E-state index in [0.717, 1.165) is 61.8 Å². The Hall–Kier alpha value is -1.42. The van der Waals surface area contributed by atoms with E-state index in [1.54, 1.807) is 0 Å². The van der Waals surface area contributed by atoms with Gasteiger partial charge in [0.25, 0.3) is 0 Å². The zero-order valence-electron chi connectivity index (χ0n) is 11.9. The molecule has 1 aliphatic carbocycles. The Morgan fingerprint density at radius 2 is 2.19 bits per heavy atom. The van der Waals surface area contributed by atoms with Gasteiger partial charge in [-0.25, -0.2) is 0 Å². The number of anilines is 1. The molecule has 4 nitrogen and oxygen atoms in total. The molecule has 5 heteroatoms. The fourth-order valence-electron chi connectivity index (χ4n) is 3.32. The van der Waals surface area contributed by atoms with Crippen molar-refractivity contribution in [1.82, 2.24) is 5.32 Å². The van der Waals surface area contributed by atoms with E-state index in [-0.39, 0.29) is 17.9 Å². The van der Waals surface area contributed by atoms with Gasteiger partial charge in [0.2, 0.25) is 5.91 Å². The summed E-state index contributed by atoms with van der Waals surface area (Å²) in [5.41, 5.74) is 2.33. The van der Waals surface area contributed by atoms with E-state index >= 15 is 0 Å². The summed E-state index contributed by atoms with van der Waals surface area (Å²) in [6.45, 7) is 2.51. The number of ether oxygens (including phenoxy) is 1. The minimum Gasteiger partial charge on any atom is -0.493 e. The van der Waals surface area contributed by atoms with E-state index < -0.39 is 0 Å². The first-order chi connectivity index (χ1) is 10.2. The summed E-state index contributed by atoms with van der Waals surface area (Å²) >= 11 is 6.42. The number of hydrogen-bond donors (Lipinski definition) is 1. The van der Waals surface area contributed by atoms with Crippen molar-refractivity contribution >= 4 is 23.2 Å². The van der Waals surface area contributed by atoms with Gasteiger partial charge in [0.1, 0.15) is 5.75 Å². The van der Waals surface area contributed by atoms with Gasteiger partial charge >= 0.3 is 0 Å². The smallest absolute Gasteiger partial charge is 0.223 e. The first-order valence-corrected chi connectivity index (χ1v) is 8.09. The first-order valence-electron chi connectivity index (χ1n) is 7.72. The highest BCUT2D eigenvalue weighted by Gasteiger charge is 2.34. The van der Waals surface area contributed by atoms with Crippen molar-refractivity contribution < 1.29 is 9.53 Å². The monoisotopic (exact) mass is 306 g/mol. The van der Waals surface area contributed by atoms with E-state index in [1.165, 1.54) is 5.56 Å². The Bertz CT molecular complexity index is 586. The van der Waals surface area contributed by atoms with Crippen molar-refractivity contribution in [3.63, 3.8) is 0 Å². The predicted molar refractivity (Wildman–Crippen MR) is 82.1 cm³/mol. The second-order valence-corrected chi connectivity index (χ2v) is 6.59. The van der Waals surface area contributed by atoms with Gasteiger partial charge in [0.15, 0.2) is 0 Å². The number of benzene rings is 1. The van der Waals surface area contributed by atoms with E-state index in [1.807, 2.05) is 12.1 Å². The molecule has 0 radical (unpaired) electrons. The molecule has 0 bridgehead atoms. The number of hydrogen-bond acceptors (Lipinski definition) is 3. The molecule has 3 aliphatic rings. The van der Waals surface area contributed by atoms with Crippen molar-refractivity contribution in [2.45, 2.75) is 31.7 Å². The van der Waals surface area contributed by atoms with Gasteiger partial charge in [-0.2, -0.15) is 0 Å². The number of rotatable bonds is 3. The molecule has 1 aromatic carbocycles. The summed E-state index contributed by atoms with van der Waals surface area (Å²) < 4.78 is 5.63. The lowest BCUT2D eigenvalue weighted by atomic mass is 10.1. The van der Waals surface area contributed by atoms with Crippen LogP contribution in [0.5, 0.6) is 5.75 Å². The number of carbonyl (C=O) groups excluding carboxylic acids is 1. The molecule has 4 rings (SSSR count). The number of halogens is 1. The summed E-state index contributed by atoms with van der Waals surface area (Å²) in [4.78, 5) is 14.2. The van der Waals surface area contributed by atoms with Crippen LogP contribution in [-0.4, -0.2) is 31.6 Å². The second kappa shape index (κ2) is 5.09. The average molecular weight is 307 g/mol. The average Bonchev–Trinajstić information content (AvgIpc) is 3.06. The lowest BCUT2D eigenvalue weighted by Gasteiger charge is -2.23. The van der Waals surface area contributed by atoms with Crippen LogP contribution >= 0.6 is 11.6 Å². The highest BCUT2D eigenvalue weighted by Crippen LogP contribution is 2.40. The third-order valence-corrected chi connectivity index (χ3v) is 4.90. The molecule has 1 N–H and O–H groups in total. The van der Waals surface area contributed by atoms with Gasteiger partial charge in [-0.3, -0.25) is 4.79 Å². The minimum absolute atomic E-state index is 0.231. The van der Waals surface area contributed by atoms with Gasteiger partial charge in [-0.15, -0.1) is 0 Å². The Morgan fingerprint density at radius 1 is 1.33 bits per heavy atom. The first kappa shape index (κ1) is 13.3. The number of carbonyl (C=O) groups is 1. The Balaban J connectivity index is 1.50. The lowest BCUT2D eigenvalue weighted by Crippen LogP contribution is -2.38. The van der Waals surface area contributed by atoms with Crippen LogP contribution in [-0.2, 0) is 11.2 Å². The Morgan fingerprint density at radius 3 is 3.00 bits per heavy atom. The summed E-state index contributed by atoms with van der Waals surface area (Å²) in [5.74, 6) is 1.46. The van der Waals surface area contributed by atoms with Crippen molar-refractivity contribution in [2.75, 3.05) is 24.6 Å². The molecule has 2 heterocycles. The lowest BCUT2D eigenvalue weighted by molar-refractivity contribution is -0.122. The third-order valence-electron chi connectivity index (χ3n) is 4.60. The topological polar surface area (TPSA) is 41.6 Å². The highest BCUT2D eigenvalue weighted by atomic mass is 35.5. The molecular formula is C16H19ClN2O2. The predicted octanol–water partition coefficient (Wildman–Crippen LogP) is 2.38. The summed E-state index contributed by atoms with van der Waals surface area (Å²) in [6.07, 6.45) is 4.01. The molecule has 0 aromatic heterocycles. The van der Waals surface area contributed by atoms with Crippen molar-refractivity contribution in [3.05, 3.63) is 22.7 Å². The molecular weight excluding hydrogens is 288 g/mol. The molecule has 1 amide bonds. The quantitative estimate of drug-likeness (QED) is 0.932. The van der Waals surface area contributed by atoms with E-state index in [4.69, 9.17) is 16.3 Å². The molecule has 112 valence electrons. The normalized spacial score (nSPS) is 23.9. The SMILES string of the molecule is O=C(N[C@H]1CCN(c2c(Cl)ccc3c2CCO3)C1)C1CC1. The van der Waals surface area contributed by atoms with Gasteiger partial charge in [-0.05, 0) is 31.4 Å². The largest absolute Gasteiger partial charge is 0.493 e. The van der Waals surface area contributed by atoms with E-state index in [9.17, 15) is 4.79 Å². The zero-order valence-corrected chi connectivity index (χ0v) is 12.7. The van der Waals surface area contributed by atoms with Gasteiger partial charge in [0.05, 0.1) is 17.3 Å². The van der Waals surface area contributed by atoms with Crippen LogP contribution in [0.3, 0.4) is 0 Å². The third kappa shape index (κ3) is 2.46. The molecule has 1 saturated heterocycles. The maximum absolute atomic E-state index is 11.9. The molecule has 0 spiro atoms. The maximum atomic E-state index is 11.9. The zero-order chi connectivity index (χ0) is 14.4. The Kier molecular flexibility index (Phi) is 3.21. The molecule has 21 heavy (non-hydrogen) atoms. The maximum Gasteiger partial charge on any atom is 0.223 e. The van der Waals surface area contributed by atoms with Crippen LogP contribution in [0.25, 0.3) is 0 Å². The second-order valence-electron chi connectivity index (χ2n) is 6.19. The van der Waals surface area contributed by atoms with Gasteiger partial charge < -0.3 is 15.0 Å².